The van der Waals surface area contributed by atoms with Crippen molar-refractivity contribution in [3.05, 3.63) is 64.7 Å². The zero-order chi connectivity index (χ0) is 19.4. The van der Waals surface area contributed by atoms with Crippen LogP contribution >= 0.6 is 22.6 Å². The molecule has 1 N–H and O–H groups in total. The lowest BCUT2D eigenvalue weighted by molar-refractivity contribution is -0.123. The topological polar surface area (TPSA) is 40.5 Å². The molecule has 3 nitrogen and oxygen atoms in total. The second kappa shape index (κ2) is 6.55. The molecule has 1 amide bonds. The minimum atomic E-state index is -1.45. The molecule has 0 aromatic heterocycles. The first-order valence-corrected chi connectivity index (χ1v) is 10.4. The quantitative estimate of drug-likeness (QED) is 0.490. The molecule has 1 aliphatic carbocycles. The Bertz CT molecular complexity index is 895. The van der Waals surface area contributed by atoms with Crippen LogP contribution in [-0.2, 0) is 20.2 Å². The van der Waals surface area contributed by atoms with E-state index in [1.54, 1.807) is 28.7 Å². The van der Waals surface area contributed by atoms with Gasteiger partial charge in [-0.25, -0.2) is 4.39 Å². The maximum atomic E-state index is 14.4. The van der Waals surface area contributed by atoms with Gasteiger partial charge in [-0.1, -0.05) is 30.3 Å². The second-order valence-electron chi connectivity index (χ2n) is 8.01. The highest BCUT2D eigenvalue weighted by atomic mass is 127. The Morgan fingerprint density at radius 1 is 1.26 bits per heavy atom. The van der Waals surface area contributed by atoms with Gasteiger partial charge in [0.25, 0.3) is 0 Å². The first-order valence-electron chi connectivity index (χ1n) is 9.34. The summed E-state index contributed by atoms with van der Waals surface area (Å²) in [6.45, 7) is 4.52. The van der Waals surface area contributed by atoms with Crippen LogP contribution in [-0.4, -0.2) is 17.6 Å². The van der Waals surface area contributed by atoms with Gasteiger partial charge in [0.05, 0.1) is 5.41 Å². The number of alkyl halides is 2. The smallest absolute Gasteiger partial charge is 0.237 e. The SMILES string of the molecule is CC(C)(C(=O)N1CCCCc2cc3c(cc21)[C@@H](F)C3(O)I)c1ccccc1. The number of hydrogen-bond acceptors (Lipinski definition) is 2. The molecule has 4 rings (SSSR count). The standard InChI is InChI=1S/C22H23FINO2/c1-21(2,15-9-4-3-5-10-15)20(26)25-11-7-6-8-14-12-17-16(13-18(14)25)19(23)22(17,24)27/h3-5,9-10,12-13,19,27H,6-8,11H2,1-2H3/t19-,22?/m1/s1. The maximum absolute atomic E-state index is 14.4. The molecule has 1 aliphatic heterocycles. The van der Waals surface area contributed by atoms with Gasteiger partial charge < -0.3 is 10.0 Å². The van der Waals surface area contributed by atoms with Gasteiger partial charge in [-0.15, -0.1) is 0 Å². The van der Waals surface area contributed by atoms with Gasteiger partial charge in [0.15, 0.2) is 9.78 Å². The molecule has 1 heterocycles. The third kappa shape index (κ3) is 2.90. The van der Waals surface area contributed by atoms with Crippen molar-refractivity contribution >= 4 is 34.2 Å². The molecule has 0 saturated heterocycles. The molecule has 5 heteroatoms. The highest BCUT2D eigenvalue weighted by Gasteiger charge is 2.50. The van der Waals surface area contributed by atoms with E-state index in [1.807, 2.05) is 55.1 Å². The highest BCUT2D eigenvalue weighted by molar-refractivity contribution is 14.1. The summed E-state index contributed by atoms with van der Waals surface area (Å²) in [5.74, 6) is 0.0243. The molecule has 0 saturated carbocycles. The highest BCUT2D eigenvalue weighted by Crippen LogP contribution is 2.57. The Morgan fingerprint density at radius 3 is 2.67 bits per heavy atom. The van der Waals surface area contributed by atoms with Crippen LogP contribution in [0.3, 0.4) is 0 Å². The van der Waals surface area contributed by atoms with Crippen molar-refractivity contribution in [2.75, 3.05) is 11.4 Å². The lowest BCUT2D eigenvalue weighted by atomic mass is 9.80. The van der Waals surface area contributed by atoms with Gasteiger partial charge in [0, 0.05) is 17.8 Å². The lowest BCUT2D eigenvalue weighted by Crippen LogP contribution is -2.44. The summed E-state index contributed by atoms with van der Waals surface area (Å²) in [6, 6.07) is 13.5. The van der Waals surface area contributed by atoms with Crippen molar-refractivity contribution in [1.82, 2.24) is 0 Å². The molecule has 2 aromatic rings. The normalized spacial score (nSPS) is 24.5. The van der Waals surface area contributed by atoms with Crippen LogP contribution in [0.4, 0.5) is 10.1 Å². The van der Waals surface area contributed by atoms with Gasteiger partial charge in [-0.05, 0) is 84.5 Å². The number of nitrogens with zero attached hydrogens (tertiary/aromatic N) is 1. The molecule has 142 valence electrons. The summed E-state index contributed by atoms with van der Waals surface area (Å²) in [5.41, 5.74) is 3.26. The monoisotopic (exact) mass is 479 g/mol. The van der Waals surface area contributed by atoms with Crippen molar-refractivity contribution in [1.29, 1.82) is 0 Å². The lowest BCUT2D eigenvalue weighted by Gasteiger charge is -2.40. The van der Waals surface area contributed by atoms with Crippen LogP contribution in [0, 0.1) is 0 Å². The summed E-state index contributed by atoms with van der Waals surface area (Å²) in [6.07, 6.45) is 1.30. The predicted octanol–water partition coefficient (Wildman–Crippen LogP) is 4.94. The van der Waals surface area contributed by atoms with Crippen molar-refractivity contribution in [2.45, 2.75) is 48.3 Å². The van der Waals surface area contributed by atoms with Crippen LogP contribution in [0.5, 0.6) is 0 Å². The fraction of sp³-hybridized carbons (Fsp3) is 0.409. The number of hydrogen-bond donors (Lipinski definition) is 1. The number of anilines is 1. The van der Waals surface area contributed by atoms with E-state index in [1.165, 1.54) is 0 Å². The second-order valence-corrected chi connectivity index (χ2v) is 9.65. The van der Waals surface area contributed by atoms with E-state index in [4.69, 9.17) is 0 Å². The minimum Gasteiger partial charge on any atom is -0.372 e. The van der Waals surface area contributed by atoms with Crippen LogP contribution < -0.4 is 4.90 Å². The van der Waals surface area contributed by atoms with Crippen LogP contribution in [0.15, 0.2) is 42.5 Å². The summed E-state index contributed by atoms with van der Waals surface area (Å²) in [4.78, 5) is 15.4. The van der Waals surface area contributed by atoms with E-state index in [-0.39, 0.29) is 5.91 Å². The zero-order valence-electron chi connectivity index (χ0n) is 15.5. The minimum absolute atomic E-state index is 0.0243. The summed E-state index contributed by atoms with van der Waals surface area (Å²) in [7, 11) is 0. The van der Waals surface area contributed by atoms with E-state index >= 15 is 0 Å². The third-order valence-corrected chi connectivity index (χ3v) is 7.01. The molecule has 2 atom stereocenters. The summed E-state index contributed by atoms with van der Waals surface area (Å²) >= 11 is 1.77. The Kier molecular flexibility index (Phi) is 4.58. The number of fused-ring (bicyclic) bond motifs is 2. The fourth-order valence-corrected chi connectivity index (χ4v) is 4.91. The molecule has 2 aromatic carbocycles. The number of amides is 1. The van der Waals surface area contributed by atoms with Crippen molar-refractivity contribution in [2.24, 2.45) is 0 Å². The Hall–Kier alpha value is -1.47. The zero-order valence-corrected chi connectivity index (χ0v) is 17.7. The first-order chi connectivity index (χ1) is 12.7. The summed E-state index contributed by atoms with van der Waals surface area (Å²) in [5, 5.41) is 10.3. The molecule has 0 fully saturated rings. The fourth-order valence-electron chi connectivity index (χ4n) is 4.11. The largest absolute Gasteiger partial charge is 0.372 e. The molecule has 27 heavy (non-hydrogen) atoms. The average Bonchev–Trinajstić information content (AvgIpc) is 2.88. The van der Waals surface area contributed by atoms with Crippen molar-refractivity contribution < 1.29 is 14.3 Å². The van der Waals surface area contributed by atoms with E-state index in [0.29, 0.717) is 17.7 Å². The molecule has 0 radical (unpaired) electrons. The van der Waals surface area contributed by atoms with E-state index in [2.05, 4.69) is 0 Å². The number of halogens is 2. The van der Waals surface area contributed by atoms with Crippen LogP contribution in [0.1, 0.15) is 55.1 Å². The number of benzene rings is 2. The van der Waals surface area contributed by atoms with Crippen molar-refractivity contribution in [3.8, 4) is 0 Å². The van der Waals surface area contributed by atoms with Gasteiger partial charge in [-0.2, -0.15) is 0 Å². The van der Waals surface area contributed by atoms with Gasteiger partial charge in [-0.3, -0.25) is 4.79 Å². The van der Waals surface area contributed by atoms with Gasteiger partial charge in [0.2, 0.25) is 5.91 Å². The van der Waals surface area contributed by atoms with Crippen LogP contribution in [0.25, 0.3) is 0 Å². The van der Waals surface area contributed by atoms with E-state index < -0.39 is 15.2 Å². The molecular weight excluding hydrogens is 456 g/mol. The van der Waals surface area contributed by atoms with Gasteiger partial charge >= 0.3 is 0 Å². The number of rotatable bonds is 2. The Labute approximate surface area is 172 Å². The Balaban J connectivity index is 1.76. The predicted molar refractivity (Wildman–Crippen MR) is 113 cm³/mol. The van der Waals surface area contributed by atoms with E-state index in [9.17, 15) is 14.3 Å². The molecule has 1 unspecified atom stereocenters. The third-order valence-electron chi connectivity index (χ3n) is 5.88. The number of carbonyl (C=O) groups is 1. The first kappa shape index (κ1) is 18.9. The molecule has 0 bridgehead atoms. The number of aliphatic hydroxyl groups is 1. The molecular formula is C22H23FINO2. The van der Waals surface area contributed by atoms with Crippen LogP contribution in [0.2, 0.25) is 0 Å². The average molecular weight is 479 g/mol. The van der Waals surface area contributed by atoms with E-state index in [0.717, 1.165) is 36.1 Å². The molecule has 0 spiro atoms. The maximum Gasteiger partial charge on any atom is 0.237 e. The van der Waals surface area contributed by atoms with Crippen molar-refractivity contribution in [3.63, 3.8) is 0 Å². The molecule has 2 aliphatic rings. The van der Waals surface area contributed by atoms with Gasteiger partial charge in [0.1, 0.15) is 0 Å². The number of aryl methyl sites for hydroxylation is 1. The number of carbonyl (C=O) groups excluding carboxylic acids is 1. The summed E-state index contributed by atoms with van der Waals surface area (Å²) < 4.78 is 13.0. The Morgan fingerprint density at radius 2 is 1.96 bits per heavy atom.